The molecule has 1 spiro atoms. The summed E-state index contributed by atoms with van der Waals surface area (Å²) in [5, 5.41) is 36.0. The van der Waals surface area contributed by atoms with Gasteiger partial charge in [0, 0.05) is 17.4 Å². The fourth-order valence-electron chi connectivity index (χ4n) is 9.23. The Balaban J connectivity index is 1.53. The molecule has 0 unspecified atom stereocenters. The van der Waals surface area contributed by atoms with Crippen LogP contribution < -0.4 is 0 Å². The van der Waals surface area contributed by atoms with E-state index in [2.05, 4.69) is 6.58 Å². The van der Waals surface area contributed by atoms with Crippen LogP contribution in [0.3, 0.4) is 0 Å². The monoisotopic (exact) mass is 526 g/mol. The Morgan fingerprint density at radius 2 is 1.82 bits per heavy atom. The molecule has 4 heterocycles. The van der Waals surface area contributed by atoms with Crippen molar-refractivity contribution in [2.24, 2.45) is 28.6 Å². The first-order valence-electron chi connectivity index (χ1n) is 13.1. The summed E-state index contributed by atoms with van der Waals surface area (Å²) >= 11 is 0. The summed E-state index contributed by atoms with van der Waals surface area (Å²) in [6, 6.07) is 0. The summed E-state index contributed by atoms with van der Waals surface area (Å²) < 4.78 is 17.8. The third-order valence-electron chi connectivity index (χ3n) is 11.3. The van der Waals surface area contributed by atoms with Crippen molar-refractivity contribution >= 4 is 23.5 Å². The van der Waals surface area contributed by atoms with Gasteiger partial charge in [0.05, 0.1) is 23.4 Å². The Morgan fingerprint density at radius 1 is 1.11 bits per heavy atom. The number of allylic oxidation sites excluding steroid dienone is 3. The highest BCUT2D eigenvalue weighted by molar-refractivity contribution is 6.01. The average molecular weight is 527 g/mol. The molecule has 4 aliphatic heterocycles. The topological polar surface area (TPSA) is 157 Å². The van der Waals surface area contributed by atoms with Crippen molar-refractivity contribution in [1.29, 1.82) is 0 Å². The average Bonchev–Trinajstić information content (AvgIpc) is 3.19. The lowest BCUT2D eigenvalue weighted by Gasteiger charge is -2.60. The second-order valence-electron chi connectivity index (χ2n) is 12.7. The van der Waals surface area contributed by atoms with Crippen molar-refractivity contribution in [3.63, 3.8) is 0 Å². The molecule has 0 aromatic heterocycles. The Kier molecular flexibility index (Phi) is 4.20. The minimum atomic E-state index is -2.71. The van der Waals surface area contributed by atoms with Crippen LogP contribution in [0.1, 0.15) is 46.5 Å². The molecule has 38 heavy (non-hydrogen) atoms. The summed E-state index contributed by atoms with van der Waals surface area (Å²) in [6.45, 7) is 8.65. The molecular weight excluding hydrogens is 496 g/mol. The molecule has 0 aromatic carbocycles. The van der Waals surface area contributed by atoms with Gasteiger partial charge in [-0.2, -0.15) is 0 Å². The fraction of sp³-hybridized carbons (Fsp3) is 0.643. The van der Waals surface area contributed by atoms with Gasteiger partial charge in [0.25, 0.3) is 0 Å². The third-order valence-corrected chi connectivity index (χ3v) is 11.3. The number of aliphatic hydroxyl groups excluding tert-OH is 1. The maximum absolute atomic E-state index is 14.6. The van der Waals surface area contributed by atoms with Gasteiger partial charge in [-0.15, -0.1) is 0 Å². The van der Waals surface area contributed by atoms with Crippen LogP contribution in [-0.4, -0.2) is 73.6 Å². The van der Waals surface area contributed by atoms with Gasteiger partial charge in [-0.25, -0.2) is 9.59 Å². The van der Waals surface area contributed by atoms with Crippen molar-refractivity contribution in [3.8, 4) is 0 Å². The first-order valence-corrected chi connectivity index (χ1v) is 13.1. The third kappa shape index (κ3) is 2.15. The maximum Gasteiger partial charge on any atom is 0.342 e. The maximum atomic E-state index is 14.6. The van der Waals surface area contributed by atoms with Gasteiger partial charge in [0.15, 0.2) is 22.6 Å². The van der Waals surface area contributed by atoms with Crippen LogP contribution in [0.5, 0.6) is 0 Å². The quantitative estimate of drug-likeness (QED) is 0.299. The van der Waals surface area contributed by atoms with Gasteiger partial charge in [-0.1, -0.05) is 31.7 Å². The summed E-state index contributed by atoms with van der Waals surface area (Å²) in [4.78, 5) is 54.4. The number of carbonyl (C=O) groups is 4. The molecule has 202 valence electrons. The van der Waals surface area contributed by atoms with E-state index in [-0.39, 0.29) is 37.0 Å². The van der Waals surface area contributed by atoms with E-state index >= 15 is 0 Å². The standard InChI is InChI=1S/C28H30O10/c1-12-21(32)36-17-11-23(12,2)19-20(31)27(35)18-14(24(3)13(10-15(18)29)6-5-7-16(24)30)8-9-26(34)22(33)37-25(17,4)28(19,26)38-27/h5-6,10,14-15,17-19,29,34-35H,1,7-9,11H2,2-4H3/t14-,15+,17+,18-,19-,23+,24-,25-,26-,27-,28-/m0/s1. The molecule has 4 saturated heterocycles. The van der Waals surface area contributed by atoms with Crippen LogP contribution in [0.25, 0.3) is 0 Å². The smallest absolute Gasteiger partial charge is 0.342 e. The number of esters is 2. The first kappa shape index (κ1) is 24.4. The second-order valence-corrected chi connectivity index (χ2v) is 12.7. The lowest BCUT2D eigenvalue weighted by atomic mass is 9.47. The van der Waals surface area contributed by atoms with Gasteiger partial charge >= 0.3 is 11.9 Å². The zero-order valence-corrected chi connectivity index (χ0v) is 21.4. The molecule has 3 aliphatic carbocycles. The van der Waals surface area contributed by atoms with E-state index < -0.39 is 81.1 Å². The van der Waals surface area contributed by atoms with E-state index in [0.29, 0.717) is 5.57 Å². The Labute approximate surface area is 218 Å². The van der Waals surface area contributed by atoms with Crippen molar-refractivity contribution < 1.29 is 48.7 Å². The summed E-state index contributed by atoms with van der Waals surface area (Å²) in [6.07, 6.45) is 2.35. The molecule has 10 heteroatoms. The number of fused-ring (bicyclic) bond motifs is 9. The predicted molar refractivity (Wildman–Crippen MR) is 126 cm³/mol. The lowest BCUT2D eigenvalue weighted by molar-refractivity contribution is -0.344. The number of carbonyl (C=O) groups excluding carboxylic acids is 4. The highest BCUT2D eigenvalue weighted by Crippen LogP contribution is 2.73. The van der Waals surface area contributed by atoms with E-state index in [1.807, 2.05) is 0 Å². The normalized spacial score (nSPS) is 56.2. The van der Waals surface area contributed by atoms with Crippen molar-refractivity contribution in [3.05, 3.63) is 36.0 Å². The molecule has 1 saturated carbocycles. The minimum Gasteiger partial charge on any atom is -0.455 e. The Morgan fingerprint density at radius 3 is 2.53 bits per heavy atom. The molecule has 0 radical (unpaired) electrons. The van der Waals surface area contributed by atoms with E-state index in [0.717, 1.165) is 0 Å². The number of ether oxygens (including phenoxy) is 3. The number of Topliss-reactive ketones (excluding diaryl/α,β-unsaturated/α-hetero) is 2. The lowest BCUT2D eigenvalue weighted by Crippen LogP contribution is -2.77. The van der Waals surface area contributed by atoms with E-state index in [1.165, 1.54) is 13.0 Å². The number of hydrogen-bond acceptors (Lipinski definition) is 10. The molecule has 0 amide bonds. The van der Waals surface area contributed by atoms with Gasteiger partial charge in [-0.05, 0) is 44.6 Å². The largest absolute Gasteiger partial charge is 0.455 e. The molecular formula is C28H30O10. The van der Waals surface area contributed by atoms with Crippen LogP contribution >= 0.6 is 0 Å². The van der Waals surface area contributed by atoms with Crippen molar-refractivity contribution in [2.75, 3.05) is 0 Å². The Bertz CT molecular complexity index is 1350. The highest BCUT2D eigenvalue weighted by atomic mass is 16.7. The summed E-state index contributed by atoms with van der Waals surface area (Å²) in [5.74, 6) is -9.17. The molecule has 7 aliphatic rings. The molecule has 3 N–H and O–H groups in total. The Hall–Kier alpha value is -2.66. The molecule has 10 nitrogen and oxygen atoms in total. The van der Waals surface area contributed by atoms with Gasteiger partial charge < -0.3 is 29.5 Å². The zero-order chi connectivity index (χ0) is 27.4. The number of rotatable bonds is 0. The van der Waals surface area contributed by atoms with Gasteiger partial charge in [0.1, 0.15) is 11.9 Å². The highest BCUT2D eigenvalue weighted by Gasteiger charge is 2.92. The number of aliphatic hydroxyl groups is 3. The van der Waals surface area contributed by atoms with Crippen molar-refractivity contribution in [2.45, 2.75) is 81.3 Å². The van der Waals surface area contributed by atoms with Crippen LogP contribution in [0.4, 0.5) is 0 Å². The molecule has 11 atom stereocenters. The predicted octanol–water partition coefficient (Wildman–Crippen LogP) is 0.430. The van der Waals surface area contributed by atoms with Crippen LogP contribution in [-0.2, 0) is 33.4 Å². The number of hydrogen-bond donors (Lipinski definition) is 3. The van der Waals surface area contributed by atoms with Crippen LogP contribution in [0, 0.1) is 28.6 Å². The van der Waals surface area contributed by atoms with E-state index in [9.17, 15) is 34.5 Å². The van der Waals surface area contributed by atoms with Crippen molar-refractivity contribution in [1.82, 2.24) is 0 Å². The molecule has 5 fully saturated rings. The van der Waals surface area contributed by atoms with Gasteiger partial charge in [-0.3, -0.25) is 9.59 Å². The van der Waals surface area contributed by atoms with E-state index in [1.54, 1.807) is 26.0 Å². The SMILES string of the molecule is C=C1C(=O)O[C@@H]2C[C@@]1(C)[C@@H]1C(=O)[C@@]3(O)O[C@]14[C@@]2(C)OC(=O)[C@@]4(O)CC[C@H]1[C@H]3[C@H](O)C=C2C=CCC(=O)[C@@]21C. The van der Waals surface area contributed by atoms with Gasteiger partial charge in [0.2, 0.25) is 5.79 Å². The fourth-order valence-corrected chi connectivity index (χ4v) is 9.23. The molecule has 7 rings (SSSR count). The molecule has 4 bridgehead atoms. The first-order chi connectivity index (χ1) is 17.6. The van der Waals surface area contributed by atoms with Crippen LogP contribution in [0.15, 0.2) is 36.0 Å². The zero-order valence-electron chi connectivity index (χ0n) is 21.4. The second kappa shape index (κ2) is 6.55. The molecule has 0 aromatic rings. The van der Waals surface area contributed by atoms with E-state index in [4.69, 9.17) is 14.2 Å². The minimum absolute atomic E-state index is 0.00631. The summed E-state index contributed by atoms with van der Waals surface area (Å²) in [5.41, 5.74) is -8.43. The summed E-state index contributed by atoms with van der Waals surface area (Å²) in [7, 11) is 0. The van der Waals surface area contributed by atoms with Crippen LogP contribution in [0.2, 0.25) is 0 Å². The number of ketones is 2.